The Morgan fingerprint density at radius 1 is 1.06 bits per heavy atom. The van der Waals surface area contributed by atoms with E-state index in [1.54, 1.807) is 0 Å². The van der Waals surface area contributed by atoms with Crippen LogP contribution < -0.4 is 0 Å². The molecule has 3 nitrogen and oxygen atoms in total. The van der Waals surface area contributed by atoms with Gasteiger partial charge in [0.2, 0.25) is 0 Å². The maximum absolute atomic E-state index is 12.3. The molecule has 0 unspecified atom stereocenters. The Morgan fingerprint density at radius 2 is 1.53 bits per heavy atom. The highest BCUT2D eigenvalue weighted by Gasteiger charge is 2.43. The second-order valence-corrected chi connectivity index (χ2v) is 2.92. The van der Waals surface area contributed by atoms with Gasteiger partial charge >= 0.3 is 18.3 Å². The number of rotatable bonds is 1. The number of hydrogen-bond donors (Lipinski definition) is 1. The molecule has 0 aliphatic carbocycles. The highest BCUT2D eigenvalue weighted by atomic mass is 19.4. The number of aromatic nitrogens is 1. The lowest BCUT2D eigenvalue weighted by Gasteiger charge is -2.14. The van der Waals surface area contributed by atoms with Crippen LogP contribution in [-0.2, 0) is 12.4 Å². The number of hydrogen-bond acceptors (Lipinski definition) is 2. The molecule has 0 fully saturated rings. The third kappa shape index (κ3) is 2.86. The molecule has 1 aromatic rings. The van der Waals surface area contributed by atoms with Crippen molar-refractivity contribution >= 4 is 5.97 Å². The van der Waals surface area contributed by atoms with Crippen LogP contribution in [0.1, 0.15) is 21.6 Å². The van der Waals surface area contributed by atoms with Gasteiger partial charge in [-0.3, -0.25) is 0 Å². The van der Waals surface area contributed by atoms with Gasteiger partial charge in [0.25, 0.3) is 0 Å². The monoisotopic (exact) mass is 259 g/mol. The molecule has 0 spiro atoms. The number of pyridine rings is 1. The van der Waals surface area contributed by atoms with E-state index in [-0.39, 0.29) is 12.3 Å². The van der Waals surface area contributed by atoms with E-state index in [2.05, 4.69) is 4.98 Å². The third-order valence-corrected chi connectivity index (χ3v) is 1.73. The molecule has 1 aromatic heterocycles. The number of carbonyl (C=O) groups is 1. The van der Waals surface area contributed by atoms with Gasteiger partial charge in [0.15, 0.2) is 0 Å². The molecule has 0 atom stereocenters. The second kappa shape index (κ2) is 3.90. The maximum Gasteiger partial charge on any atom is 0.418 e. The summed E-state index contributed by atoms with van der Waals surface area (Å²) in [6.07, 6.45) is -10.7. The van der Waals surface area contributed by atoms with Gasteiger partial charge in [-0.15, -0.1) is 0 Å². The number of halogens is 6. The van der Waals surface area contributed by atoms with E-state index in [0.29, 0.717) is 0 Å². The van der Waals surface area contributed by atoms with Crippen LogP contribution in [0.5, 0.6) is 0 Å². The average molecular weight is 259 g/mol. The topological polar surface area (TPSA) is 50.2 Å². The number of carboxylic acid groups (broad SMARTS) is 1. The number of aromatic carboxylic acids is 1. The fourth-order valence-electron chi connectivity index (χ4n) is 1.03. The van der Waals surface area contributed by atoms with Gasteiger partial charge in [0, 0.05) is 6.20 Å². The molecule has 0 saturated heterocycles. The van der Waals surface area contributed by atoms with Crippen LogP contribution in [0, 0.1) is 0 Å². The quantitative estimate of drug-likeness (QED) is 0.789. The van der Waals surface area contributed by atoms with E-state index in [1.807, 2.05) is 0 Å². The van der Waals surface area contributed by atoms with E-state index in [0.717, 1.165) is 0 Å². The molecule has 0 aromatic carbocycles. The molecule has 0 aliphatic heterocycles. The Balaban J connectivity index is 3.49. The van der Waals surface area contributed by atoms with E-state index in [4.69, 9.17) is 5.11 Å². The number of nitrogens with zero attached hydrogens (tertiary/aromatic N) is 1. The van der Waals surface area contributed by atoms with Gasteiger partial charge < -0.3 is 5.11 Å². The van der Waals surface area contributed by atoms with Gasteiger partial charge in [0.05, 0.1) is 11.1 Å². The summed E-state index contributed by atoms with van der Waals surface area (Å²) in [6, 6.07) is -0.148. The molecule has 1 rings (SSSR count). The van der Waals surface area contributed by atoms with Crippen LogP contribution >= 0.6 is 0 Å². The summed E-state index contributed by atoms with van der Waals surface area (Å²) < 4.78 is 73.6. The zero-order valence-corrected chi connectivity index (χ0v) is 7.73. The summed E-state index contributed by atoms with van der Waals surface area (Å²) in [5.74, 6) is -1.84. The van der Waals surface area contributed by atoms with Crippen molar-refractivity contribution in [3.05, 3.63) is 29.1 Å². The first-order valence-corrected chi connectivity index (χ1v) is 3.91. The van der Waals surface area contributed by atoms with Crippen molar-refractivity contribution in [3.8, 4) is 0 Å². The molecule has 1 heterocycles. The standard InChI is InChI=1S/C8H3F6NO2/c9-7(10,11)3-1-5(6(16)17)15-2-4(3)8(12,13)14/h1-2H,(H,16,17). The maximum atomic E-state index is 12.3. The highest BCUT2D eigenvalue weighted by molar-refractivity contribution is 5.85. The molecule has 1 N–H and O–H groups in total. The molecule has 17 heavy (non-hydrogen) atoms. The minimum atomic E-state index is -5.31. The fourth-order valence-corrected chi connectivity index (χ4v) is 1.03. The van der Waals surface area contributed by atoms with Gasteiger partial charge in [0.1, 0.15) is 5.69 Å². The van der Waals surface area contributed by atoms with E-state index < -0.39 is 35.1 Å². The first kappa shape index (κ1) is 13.3. The highest BCUT2D eigenvalue weighted by Crippen LogP contribution is 2.39. The Bertz CT molecular complexity index is 450. The van der Waals surface area contributed by atoms with Crippen molar-refractivity contribution in [2.75, 3.05) is 0 Å². The average Bonchev–Trinajstić information content (AvgIpc) is 2.14. The van der Waals surface area contributed by atoms with Crippen LogP contribution in [0.2, 0.25) is 0 Å². The normalized spacial score (nSPS) is 12.6. The third-order valence-electron chi connectivity index (χ3n) is 1.73. The van der Waals surface area contributed by atoms with Crippen molar-refractivity contribution in [2.45, 2.75) is 12.4 Å². The summed E-state index contributed by atoms with van der Waals surface area (Å²) in [7, 11) is 0. The van der Waals surface area contributed by atoms with Crippen molar-refractivity contribution < 1.29 is 36.2 Å². The fraction of sp³-hybridized carbons (Fsp3) is 0.250. The van der Waals surface area contributed by atoms with Crippen LogP contribution in [0.25, 0.3) is 0 Å². The first-order chi connectivity index (χ1) is 7.53. The first-order valence-electron chi connectivity index (χ1n) is 3.91. The molecule has 0 aliphatic rings. The predicted octanol–water partition coefficient (Wildman–Crippen LogP) is 2.82. The number of carboxylic acids is 1. The summed E-state index contributed by atoms with van der Waals surface area (Å²) in [5, 5.41) is 8.36. The summed E-state index contributed by atoms with van der Waals surface area (Å²) in [4.78, 5) is 13.1. The largest absolute Gasteiger partial charge is 0.477 e. The molecule has 9 heteroatoms. The van der Waals surface area contributed by atoms with Gasteiger partial charge in [-0.05, 0) is 6.07 Å². The molecular weight excluding hydrogens is 256 g/mol. The van der Waals surface area contributed by atoms with Gasteiger partial charge in [-0.25, -0.2) is 9.78 Å². The molecule has 0 bridgehead atoms. The Kier molecular flexibility index (Phi) is 3.04. The van der Waals surface area contributed by atoms with Gasteiger partial charge in [-0.1, -0.05) is 0 Å². The predicted molar refractivity (Wildman–Crippen MR) is 41.2 cm³/mol. The number of alkyl halides is 6. The molecule has 0 radical (unpaired) electrons. The lowest BCUT2D eigenvalue weighted by Crippen LogP contribution is -2.18. The molecule has 94 valence electrons. The van der Waals surface area contributed by atoms with Crippen molar-refractivity contribution in [1.29, 1.82) is 0 Å². The summed E-state index contributed by atoms with van der Waals surface area (Å²) >= 11 is 0. The minimum absolute atomic E-state index is 0.147. The zero-order valence-electron chi connectivity index (χ0n) is 7.73. The van der Waals surface area contributed by atoms with E-state index >= 15 is 0 Å². The SMILES string of the molecule is O=C(O)c1cc(C(F)(F)F)c(C(F)(F)F)cn1. The molecular formula is C8H3F6NO2. The Morgan fingerprint density at radius 3 is 1.88 bits per heavy atom. The lowest BCUT2D eigenvalue weighted by molar-refractivity contribution is -0.162. The molecule has 0 amide bonds. The lowest BCUT2D eigenvalue weighted by atomic mass is 10.1. The van der Waals surface area contributed by atoms with Gasteiger partial charge in [-0.2, -0.15) is 26.3 Å². The smallest absolute Gasteiger partial charge is 0.418 e. The Hall–Kier alpha value is -1.80. The molecule has 0 saturated carbocycles. The zero-order chi connectivity index (χ0) is 13.4. The summed E-state index contributed by atoms with van der Waals surface area (Å²) in [5.41, 5.74) is -5.20. The Labute approximate surface area is 89.7 Å². The van der Waals surface area contributed by atoms with Crippen molar-refractivity contribution in [2.24, 2.45) is 0 Å². The second-order valence-electron chi connectivity index (χ2n) is 2.92. The van der Waals surface area contributed by atoms with Crippen LogP contribution in [-0.4, -0.2) is 16.1 Å². The van der Waals surface area contributed by atoms with Crippen LogP contribution in [0.15, 0.2) is 12.3 Å². The van der Waals surface area contributed by atoms with Crippen molar-refractivity contribution in [3.63, 3.8) is 0 Å². The van der Waals surface area contributed by atoms with Crippen molar-refractivity contribution in [1.82, 2.24) is 4.98 Å². The van der Waals surface area contributed by atoms with E-state index in [1.165, 1.54) is 0 Å². The summed E-state index contributed by atoms with van der Waals surface area (Å²) in [6.45, 7) is 0. The van der Waals surface area contributed by atoms with E-state index in [9.17, 15) is 31.1 Å². The minimum Gasteiger partial charge on any atom is -0.477 e. The van der Waals surface area contributed by atoms with Crippen LogP contribution in [0.4, 0.5) is 26.3 Å². The van der Waals surface area contributed by atoms with Crippen LogP contribution in [0.3, 0.4) is 0 Å².